The number of hydrogen-bond acceptors (Lipinski definition) is 4. The maximum Gasteiger partial charge on any atom is 0.397 e. The number of nitrogens with zero attached hydrogens (tertiary/aromatic N) is 3. The van der Waals surface area contributed by atoms with Crippen LogP contribution in [0.1, 0.15) is 0 Å². The maximum absolute atomic E-state index is 10.4. The Bertz CT molecular complexity index is 480. The lowest BCUT2D eigenvalue weighted by Gasteiger charge is -1.89. The molecular weight excluding hydrogens is 196 g/mol. The summed E-state index contributed by atoms with van der Waals surface area (Å²) in [5.74, 6) is -0.237. The van der Waals surface area contributed by atoms with E-state index in [1.54, 1.807) is 0 Å². The topological polar surface area (TPSA) is 84.7 Å². The number of H-pyrrole nitrogens is 1. The minimum absolute atomic E-state index is 0.206. The molecule has 0 fully saturated rings. The molecule has 66 valence electrons. The molecule has 2 aromatic heterocycles. The van der Waals surface area contributed by atoms with Gasteiger partial charge in [-0.05, 0) is 11.0 Å². The van der Waals surface area contributed by atoms with Gasteiger partial charge in [0.05, 0.1) is 11.3 Å². The Kier molecular flexibility index (Phi) is 1.63. The number of pyridine rings is 1. The highest BCUT2D eigenvalue weighted by molar-refractivity contribution is 6.30. The van der Waals surface area contributed by atoms with Gasteiger partial charge in [0.2, 0.25) is 0 Å². The Hall–Kier alpha value is -1.69. The Balaban J connectivity index is 2.79. The first kappa shape index (κ1) is 7.93. The molecule has 0 radical (unpaired) electrons. The number of aromatic nitrogens is 3. The molecule has 1 N–H and O–H groups in total. The van der Waals surface area contributed by atoms with Crippen LogP contribution < -0.4 is 0 Å². The number of hydrogen-bond donors (Lipinski definition) is 1. The second kappa shape index (κ2) is 2.67. The molecule has 2 heterocycles. The fraction of sp³-hybridized carbons (Fsp3) is 0. The molecule has 0 saturated heterocycles. The molecule has 0 saturated carbocycles. The van der Waals surface area contributed by atoms with Gasteiger partial charge >= 0.3 is 5.82 Å². The van der Waals surface area contributed by atoms with Crippen molar-refractivity contribution in [2.24, 2.45) is 0 Å². The van der Waals surface area contributed by atoms with Crippen LogP contribution in [0.5, 0.6) is 0 Å². The minimum atomic E-state index is -0.574. The van der Waals surface area contributed by atoms with E-state index in [0.29, 0.717) is 10.9 Å². The maximum atomic E-state index is 10.4. The summed E-state index contributed by atoms with van der Waals surface area (Å²) >= 11 is 5.58. The van der Waals surface area contributed by atoms with Gasteiger partial charge in [0, 0.05) is 0 Å². The van der Waals surface area contributed by atoms with Gasteiger partial charge in [0.1, 0.15) is 16.1 Å². The van der Waals surface area contributed by atoms with E-state index in [0.717, 1.165) is 0 Å². The predicted octanol–water partition coefficient (Wildman–Crippen LogP) is 1.52. The summed E-state index contributed by atoms with van der Waals surface area (Å²) in [6.07, 6.45) is 1.40. The Morgan fingerprint density at radius 2 is 2.38 bits per heavy atom. The summed E-state index contributed by atoms with van der Waals surface area (Å²) in [5.41, 5.74) is 0.496. The smallest absolute Gasteiger partial charge is 0.358 e. The molecule has 13 heavy (non-hydrogen) atoms. The van der Waals surface area contributed by atoms with E-state index >= 15 is 0 Å². The fourth-order valence-corrected chi connectivity index (χ4v) is 1.17. The lowest BCUT2D eigenvalue weighted by atomic mass is 10.3. The molecule has 0 atom stereocenters. The van der Waals surface area contributed by atoms with Crippen molar-refractivity contribution in [3.63, 3.8) is 0 Å². The monoisotopic (exact) mass is 198 g/mol. The Labute approximate surface area is 76.7 Å². The van der Waals surface area contributed by atoms with Gasteiger partial charge in [0.15, 0.2) is 0 Å². The Morgan fingerprint density at radius 3 is 3.08 bits per heavy atom. The van der Waals surface area contributed by atoms with Crippen LogP contribution >= 0.6 is 11.6 Å². The number of aromatic amines is 1. The second-order valence-electron chi connectivity index (χ2n) is 2.36. The first-order chi connectivity index (χ1) is 6.18. The summed E-state index contributed by atoms with van der Waals surface area (Å²) in [7, 11) is 0. The van der Waals surface area contributed by atoms with Crippen LogP contribution in [0, 0.1) is 10.1 Å². The van der Waals surface area contributed by atoms with E-state index in [1.165, 1.54) is 12.3 Å². The van der Waals surface area contributed by atoms with Crippen molar-refractivity contribution < 1.29 is 4.92 Å². The highest BCUT2D eigenvalue weighted by Crippen LogP contribution is 2.23. The molecule has 0 aromatic carbocycles. The number of nitro groups is 1. The predicted molar refractivity (Wildman–Crippen MR) is 45.6 cm³/mol. The van der Waals surface area contributed by atoms with Crippen molar-refractivity contribution in [2.75, 3.05) is 0 Å². The zero-order chi connectivity index (χ0) is 9.42. The molecule has 0 amide bonds. The van der Waals surface area contributed by atoms with Gasteiger partial charge in [-0.2, -0.15) is 5.10 Å². The molecule has 7 heteroatoms. The van der Waals surface area contributed by atoms with E-state index in [2.05, 4.69) is 15.2 Å². The zero-order valence-corrected chi connectivity index (χ0v) is 6.95. The fourth-order valence-electron chi connectivity index (χ4n) is 1.02. The van der Waals surface area contributed by atoms with Crippen LogP contribution in [0.3, 0.4) is 0 Å². The van der Waals surface area contributed by atoms with Gasteiger partial charge in [0.25, 0.3) is 0 Å². The standard InChI is InChI=1S/C6H3ClN4O2/c7-5-1-3-4(2-8-5)9-10-6(3)11(12)13/h1-2H,(H,9,10). The molecule has 0 aliphatic rings. The first-order valence-electron chi connectivity index (χ1n) is 3.32. The summed E-state index contributed by atoms with van der Waals surface area (Å²) < 4.78 is 0. The average Bonchev–Trinajstić information content (AvgIpc) is 2.46. The van der Waals surface area contributed by atoms with Gasteiger partial charge in [-0.1, -0.05) is 11.6 Å². The third-order valence-corrected chi connectivity index (χ3v) is 1.77. The van der Waals surface area contributed by atoms with Crippen LogP contribution in [-0.4, -0.2) is 20.1 Å². The van der Waals surface area contributed by atoms with Crippen LogP contribution in [0.25, 0.3) is 10.9 Å². The van der Waals surface area contributed by atoms with Crippen molar-refractivity contribution >= 4 is 28.3 Å². The lowest BCUT2D eigenvalue weighted by Crippen LogP contribution is -1.87. The summed E-state index contributed by atoms with van der Waals surface area (Å²) in [5, 5.41) is 17.0. The molecule has 0 unspecified atom stereocenters. The van der Waals surface area contributed by atoms with E-state index in [9.17, 15) is 10.1 Å². The third kappa shape index (κ3) is 1.20. The molecule has 6 nitrogen and oxygen atoms in total. The van der Waals surface area contributed by atoms with E-state index < -0.39 is 4.92 Å². The van der Waals surface area contributed by atoms with Crippen molar-refractivity contribution in [3.8, 4) is 0 Å². The van der Waals surface area contributed by atoms with Crippen LogP contribution in [0.4, 0.5) is 5.82 Å². The molecule has 2 aromatic rings. The van der Waals surface area contributed by atoms with Crippen LogP contribution in [-0.2, 0) is 0 Å². The van der Waals surface area contributed by atoms with E-state index in [4.69, 9.17) is 11.6 Å². The molecule has 0 spiro atoms. The zero-order valence-electron chi connectivity index (χ0n) is 6.19. The average molecular weight is 199 g/mol. The largest absolute Gasteiger partial charge is 0.397 e. The van der Waals surface area contributed by atoms with Gasteiger partial charge < -0.3 is 10.1 Å². The van der Waals surface area contributed by atoms with E-state index in [-0.39, 0.29) is 11.0 Å². The van der Waals surface area contributed by atoms with Crippen LogP contribution in [0.2, 0.25) is 5.15 Å². The summed E-state index contributed by atoms with van der Waals surface area (Å²) in [4.78, 5) is 13.6. The highest BCUT2D eigenvalue weighted by atomic mass is 35.5. The van der Waals surface area contributed by atoms with Gasteiger partial charge in [-0.15, -0.1) is 0 Å². The minimum Gasteiger partial charge on any atom is -0.358 e. The molecule has 2 rings (SSSR count). The van der Waals surface area contributed by atoms with Crippen molar-refractivity contribution in [1.82, 2.24) is 15.2 Å². The SMILES string of the molecule is O=[N+]([O-])c1n[nH]c2cnc(Cl)cc12. The van der Waals surface area contributed by atoms with Crippen LogP contribution in [0.15, 0.2) is 12.3 Å². The normalized spacial score (nSPS) is 10.5. The Morgan fingerprint density at radius 1 is 1.62 bits per heavy atom. The second-order valence-corrected chi connectivity index (χ2v) is 2.74. The number of fused-ring (bicyclic) bond motifs is 1. The van der Waals surface area contributed by atoms with Gasteiger partial charge in [-0.25, -0.2) is 4.98 Å². The quantitative estimate of drug-likeness (QED) is 0.428. The molecule has 0 bridgehead atoms. The number of nitrogens with one attached hydrogen (secondary N) is 1. The number of halogens is 1. The lowest BCUT2D eigenvalue weighted by molar-refractivity contribution is -0.387. The van der Waals surface area contributed by atoms with E-state index in [1.807, 2.05) is 0 Å². The molecule has 0 aliphatic heterocycles. The van der Waals surface area contributed by atoms with Crippen molar-refractivity contribution in [1.29, 1.82) is 0 Å². The summed E-state index contributed by atoms with van der Waals surface area (Å²) in [6.45, 7) is 0. The highest BCUT2D eigenvalue weighted by Gasteiger charge is 2.16. The number of rotatable bonds is 1. The molecule has 0 aliphatic carbocycles. The summed E-state index contributed by atoms with van der Waals surface area (Å²) in [6, 6.07) is 1.40. The van der Waals surface area contributed by atoms with Gasteiger partial charge in [-0.3, -0.25) is 0 Å². The first-order valence-corrected chi connectivity index (χ1v) is 3.70. The van der Waals surface area contributed by atoms with Crippen molar-refractivity contribution in [2.45, 2.75) is 0 Å². The van der Waals surface area contributed by atoms with Crippen molar-refractivity contribution in [3.05, 3.63) is 27.5 Å². The third-order valence-electron chi connectivity index (χ3n) is 1.57. The molecular formula is C6H3ClN4O2.